The van der Waals surface area contributed by atoms with Crippen LogP contribution in [-0.2, 0) is 11.3 Å². The number of hydrogen-bond donors (Lipinski definition) is 2. The van der Waals surface area contributed by atoms with Crippen molar-refractivity contribution in [3.05, 3.63) is 12.3 Å². The molecule has 0 saturated carbocycles. The Bertz CT molecular complexity index is 465. The van der Waals surface area contributed by atoms with Crippen molar-refractivity contribution in [2.24, 2.45) is 11.8 Å². The van der Waals surface area contributed by atoms with E-state index in [9.17, 15) is 4.79 Å². The second-order valence-electron chi connectivity index (χ2n) is 6.60. The highest BCUT2D eigenvalue weighted by Crippen LogP contribution is 2.22. The Balaban J connectivity index is 1.76. The molecular weight excluding hydrogens is 278 g/mol. The molecule has 22 heavy (non-hydrogen) atoms. The summed E-state index contributed by atoms with van der Waals surface area (Å²) in [6.45, 7) is 6.08. The van der Waals surface area contributed by atoms with Crippen molar-refractivity contribution in [3.63, 3.8) is 0 Å². The van der Waals surface area contributed by atoms with Gasteiger partial charge in [-0.2, -0.15) is 5.10 Å². The van der Waals surface area contributed by atoms with Gasteiger partial charge in [0.25, 0.3) is 0 Å². The molecule has 0 bridgehead atoms. The van der Waals surface area contributed by atoms with Crippen LogP contribution < -0.4 is 10.6 Å². The van der Waals surface area contributed by atoms with E-state index in [1.54, 1.807) is 0 Å². The van der Waals surface area contributed by atoms with Crippen molar-refractivity contribution in [2.45, 2.75) is 32.7 Å². The van der Waals surface area contributed by atoms with E-state index in [4.69, 9.17) is 0 Å². The fourth-order valence-corrected chi connectivity index (χ4v) is 2.87. The van der Waals surface area contributed by atoms with Crippen LogP contribution in [0.1, 0.15) is 26.2 Å². The van der Waals surface area contributed by atoms with Crippen LogP contribution in [0.5, 0.6) is 0 Å². The summed E-state index contributed by atoms with van der Waals surface area (Å²) in [6, 6.07) is 1.86. The second-order valence-corrected chi connectivity index (χ2v) is 6.60. The first-order valence-electron chi connectivity index (χ1n) is 8.23. The minimum Gasteiger partial charge on any atom is -0.316 e. The minimum absolute atomic E-state index is 0.0657. The molecule has 0 radical (unpaired) electrons. The van der Waals surface area contributed by atoms with Gasteiger partial charge in [-0.1, -0.05) is 6.92 Å². The third kappa shape index (κ3) is 5.42. The number of piperidine rings is 1. The summed E-state index contributed by atoms with van der Waals surface area (Å²) in [7, 11) is 4.07. The van der Waals surface area contributed by atoms with E-state index < -0.39 is 0 Å². The summed E-state index contributed by atoms with van der Waals surface area (Å²) < 4.78 is 1.87. The maximum Gasteiger partial charge on any atom is 0.225 e. The van der Waals surface area contributed by atoms with Crippen LogP contribution in [0, 0.1) is 11.8 Å². The van der Waals surface area contributed by atoms with Crippen LogP contribution in [0.3, 0.4) is 0 Å². The molecule has 2 heterocycles. The smallest absolute Gasteiger partial charge is 0.225 e. The van der Waals surface area contributed by atoms with E-state index in [0.29, 0.717) is 24.1 Å². The van der Waals surface area contributed by atoms with E-state index >= 15 is 0 Å². The molecule has 0 aromatic carbocycles. The molecule has 2 atom stereocenters. The molecule has 1 aromatic heterocycles. The molecule has 124 valence electrons. The number of rotatable bonds is 7. The highest BCUT2D eigenvalue weighted by molar-refractivity contribution is 5.89. The van der Waals surface area contributed by atoms with Crippen molar-refractivity contribution in [2.75, 3.05) is 39.0 Å². The number of carbonyl (C=O) groups is 1. The molecule has 2 unspecified atom stereocenters. The van der Waals surface area contributed by atoms with Crippen LogP contribution in [0.4, 0.5) is 5.82 Å². The lowest BCUT2D eigenvalue weighted by Gasteiger charge is -2.27. The average molecular weight is 307 g/mol. The van der Waals surface area contributed by atoms with Gasteiger partial charge in [0.2, 0.25) is 5.91 Å². The Labute approximate surface area is 133 Å². The average Bonchev–Trinajstić information content (AvgIpc) is 2.93. The molecule has 1 aliphatic rings. The zero-order chi connectivity index (χ0) is 15.9. The monoisotopic (exact) mass is 307 g/mol. The SMILES string of the molecule is CC(CC(=O)Nc1ccn(CCN(C)C)n1)C1CCCNC1. The topological polar surface area (TPSA) is 62.2 Å². The molecule has 2 rings (SSSR count). The van der Waals surface area contributed by atoms with Gasteiger partial charge in [-0.25, -0.2) is 0 Å². The van der Waals surface area contributed by atoms with Gasteiger partial charge < -0.3 is 15.5 Å². The van der Waals surface area contributed by atoms with Crippen LogP contribution in [0.15, 0.2) is 12.3 Å². The zero-order valence-electron chi connectivity index (χ0n) is 14.0. The summed E-state index contributed by atoms with van der Waals surface area (Å²) in [5.74, 6) is 1.73. The molecule has 1 amide bonds. The van der Waals surface area contributed by atoms with Crippen molar-refractivity contribution in [1.29, 1.82) is 0 Å². The Hall–Kier alpha value is -1.40. The lowest BCUT2D eigenvalue weighted by Crippen LogP contribution is -2.34. The lowest BCUT2D eigenvalue weighted by molar-refractivity contribution is -0.117. The maximum atomic E-state index is 12.2. The van der Waals surface area contributed by atoms with Gasteiger partial charge >= 0.3 is 0 Å². The van der Waals surface area contributed by atoms with Crippen molar-refractivity contribution in [1.82, 2.24) is 20.0 Å². The summed E-state index contributed by atoms with van der Waals surface area (Å²) in [6.07, 6.45) is 4.91. The standard InChI is InChI=1S/C16H29N5O/c1-13(14-5-4-7-17-12-14)11-16(22)18-15-6-8-21(19-15)10-9-20(2)3/h6,8,13-14,17H,4-5,7,9-12H2,1-3H3,(H,18,19,22). The number of hydrogen-bond acceptors (Lipinski definition) is 4. The molecule has 1 aliphatic heterocycles. The Kier molecular flexibility index (Phi) is 6.39. The summed E-state index contributed by atoms with van der Waals surface area (Å²) in [5.41, 5.74) is 0. The number of nitrogens with one attached hydrogen (secondary N) is 2. The molecule has 1 fully saturated rings. The van der Waals surface area contributed by atoms with Crippen LogP contribution >= 0.6 is 0 Å². The first-order chi connectivity index (χ1) is 10.5. The molecular formula is C16H29N5O. The van der Waals surface area contributed by atoms with Crippen molar-refractivity contribution in [3.8, 4) is 0 Å². The minimum atomic E-state index is 0.0657. The molecule has 6 nitrogen and oxygen atoms in total. The largest absolute Gasteiger partial charge is 0.316 e. The molecule has 2 N–H and O–H groups in total. The summed E-state index contributed by atoms with van der Waals surface area (Å²) in [4.78, 5) is 14.3. The first kappa shape index (κ1) is 17.0. The third-order valence-electron chi connectivity index (χ3n) is 4.33. The number of aromatic nitrogens is 2. The van der Waals surface area contributed by atoms with Crippen molar-refractivity contribution < 1.29 is 4.79 Å². The van der Waals surface area contributed by atoms with E-state index in [-0.39, 0.29) is 5.91 Å². The second kappa shape index (κ2) is 8.29. The Morgan fingerprint density at radius 3 is 3.09 bits per heavy atom. The summed E-state index contributed by atoms with van der Waals surface area (Å²) in [5, 5.41) is 10.7. The molecule has 1 aromatic rings. The predicted octanol–water partition coefficient (Wildman–Crippen LogP) is 1.41. The normalized spacial score (nSPS) is 20.1. The van der Waals surface area contributed by atoms with Gasteiger partial charge in [-0.15, -0.1) is 0 Å². The van der Waals surface area contributed by atoms with Crippen LogP contribution in [0.25, 0.3) is 0 Å². The molecule has 1 saturated heterocycles. The van der Waals surface area contributed by atoms with Gasteiger partial charge in [0, 0.05) is 25.2 Å². The van der Waals surface area contributed by atoms with Gasteiger partial charge in [0.1, 0.15) is 0 Å². The van der Waals surface area contributed by atoms with Crippen LogP contribution in [-0.4, -0.2) is 54.3 Å². The van der Waals surface area contributed by atoms with Gasteiger partial charge in [0.05, 0.1) is 6.54 Å². The molecule has 0 spiro atoms. The van der Waals surface area contributed by atoms with E-state index in [0.717, 1.165) is 26.2 Å². The molecule has 0 aliphatic carbocycles. The number of anilines is 1. The Morgan fingerprint density at radius 1 is 1.59 bits per heavy atom. The highest BCUT2D eigenvalue weighted by Gasteiger charge is 2.22. The maximum absolute atomic E-state index is 12.2. The Morgan fingerprint density at radius 2 is 2.41 bits per heavy atom. The fraction of sp³-hybridized carbons (Fsp3) is 0.750. The van der Waals surface area contributed by atoms with Crippen LogP contribution in [0.2, 0.25) is 0 Å². The van der Waals surface area contributed by atoms with Gasteiger partial charge in [0.15, 0.2) is 5.82 Å². The zero-order valence-corrected chi connectivity index (χ0v) is 14.0. The summed E-state index contributed by atoms with van der Waals surface area (Å²) >= 11 is 0. The predicted molar refractivity (Wildman–Crippen MR) is 88.8 cm³/mol. The lowest BCUT2D eigenvalue weighted by atomic mass is 9.85. The third-order valence-corrected chi connectivity index (χ3v) is 4.33. The van der Waals surface area contributed by atoms with Gasteiger partial charge in [-0.05, 0) is 51.9 Å². The fourth-order valence-electron chi connectivity index (χ4n) is 2.87. The van der Waals surface area contributed by atoms with E-state index in [1.807, 2.05) is 31.0 Å². The number of nitrogens with zero attached hydrogens (tertiary/aromatic N) is 3. The van der Waals surface area contributed by atoms with E-state index in [2.05, 4.69) is 27.6 Å². The number of carbonyl (C=O) groups excluding carboxylic acids is 1. The first-order valence-corrected chi connectivity index (χ1v) is 8.23. The number of likely N-dealkylation sites (N-methyl/N-ethyl adjacent to an activating group) is 1. The van der Waals surface area contributed by atoms with Crippen molar-refractivity contribution >= 4 is 11.7 Å². The number of amides is 1. The van der Waals surface area contributed by atoms with Gasteiger partial charge in [-0.3, -0.25) is 9.48 Å². The quantitative estimate of drug-likeness (QED) is 0.799. The highest BCUT2D eigenvalue weighted by atomic mass is 16.1. The molecule has 6 heteroatoms. The van der Waals surface area contributed by atoms with E-state index in [1.165, 1.54) is 12.8 Å².